The first-order chi connectivity index (χ1) is 8.70. The van der Waals surface area contributed by atoms with E-state index in [1.54, 1.807) is 0 Å². The third kappa shape index (κ3) is 3.37. The molecule has 100 valence electrons. The molecule has 1 aliphatic rings. The minimum absolute atomic E-state index is 0.655. The highest BCUT2D eigenvalue weighted by molar-refractivity contribution is 7.99. The molecule has 2 rings (SSSR count). The van der Waals surface area contributed by atoms with E-state index in [9.17, 15) is 0 Å². The van der Waals surface area contributed by atoms with Crippen molar-refractivity contribution < 1.29 is 0 Å². The van der Waals surface area contributed by atoms with Gasteiger partial charge >= 0.3 is 0 Å². The Morgan fingerprint density at radius 1 is 1.28 bits per heavy atom. The van der Waals surface area contributed by atoms with E-state index in [1.165, 1.54) is 31.4 Å². The number of hydrogen-bond donors (Lipinski definition) is 1. The van der Waals surface area contributed by atoms with Crippen LogP contribution in [0.3, 0.4) is 0 Å². The van der Waals surface area contributed by atoms with Gasteiger partial charge in [0, 0.05) is 17.7 Å². The molecular weight excluding hydrogens is 242 g/mol. The molecule has 1 saturated carbocycles. The number of anilines is 1. The topological polar surface area (TPSA) is 51.8 Å². The van der Waals surface area contributed by atoms with Gasteiger partial charge in [0.2, 0.25) is 0 Å². The molecule has 3 nitrogen and oxygen atoms in total. The van der Waals surface area contributed by atoms with Gasteiger partial charge in [-0.3, -0.25) is 0 Å². The molecule has 4 heteroatoms. The van der Waals surface area contributed by atoms with E-state index in [2.05, 4.69) is 16.9 Å². The number of nitrogens with two attached hydrogens (primary N) is 1. The van der Waals surface area contributed by atoms with Crippen LogP contribution < -0.4 is 5.73 Å². The molecule has 0 aromatic carbocycles. The SMILES string of the molecule is CCCc1nc(N)c(C)c(SCC2CCCC2)n1. The molecule has 18 heavy (non-hydrogen) atoms. The fraction of sp³-hybridized carbons (Fsp3) is 0.714. The van der Waals surface area contributed by atoms with Gasteiger partial charge in [0.25, 0.3) is 0 Å². The van der Waals surface area contributed by atoms with Crippen molar-refractivity contribution in [1.82, 2.24) is 9.97 Å². The lowest BCUT2D eigenvalue weighted by Crippen LogP contribution is -2.05. The molecule has 0 atom stereocenters. The fourth-order valence-corrected chi connectivity index (χ4v) is 3.63. The Labute approximate surface area is 114 Å². The maximum Gasteiger partial charge on any atom is 0.132 e. The normalized spacial score (nSPS) is 16.3. The van der Waals surface area contributed by atoms with E-state index in [4.69, 9.17) is 5.73 Å². The molecule has 1 aromatic rings. The number of nitrogens with zero attached hydrogens (tertiary/aromatic N) is 2. The molecule has 1 aliphatic carbocycles. The molecule has 1 aromatic heterocycles. The number of aromatic nitrogens is 2. The highest BCUT2D eigenvalue weighted by Crippen LogP contribution is 2.32. The number of rotatable bonds is 5. The maximum atomic E-state index is 5.97. The third-order valence-corrected chi connectivity index (χ3v) is 4.90. The summed E-state index contributed by atoms with van der Waals surface area (Å²) in [5, 5.41) is 1.10. The predicted octanol–water partition coefficient (Wildman–Crippen LogP) is 3.60. The standard InChI is InChI=1S/C14H23N3S/c1-3-6-12-16-13(15)10(2)14(17-12)18-9-11-7-4-5-8-11/h11H,3-9H2,1-2H3,(H2,15,16,17). The van der Waals surface area contributed by atoms with Crippen LogP contribution >= 0.6 is 11.8 Å². The van der Waals surface area contributed by atoms with Crippen LogP contribution in [0.4, 0.5) is 5.82 Å². The second-order valence-electron chi connectivity index (χ2n) is 5.17. The summed E-state index contributed by atoms with van der Waals surface area (Å²) in [5.41, 5.74) is 7.02. The summed E-state index contributed by atoms with van der Waals surface area (Å²) in [6.07, 6.45) is 7.55. The van der Waals surface area contributed by atoms with Crippen LogP contribution in [-0.4, -0.2) is 15.7 Å². The Morgan fingerprint density at radius 2 is 2.00 bits per heavy atom. The van der Waals surface area contributed by atoms with Crippen LogP contribution in [0.25, 0.3) is 0 Å². The van der Waals surface area contributed by atoms with Crippen LogP contribution in [0, 0.1) is 12.8 Å². The lowest BCUT2D eigenvalue weighted by Gasteiger charge is -2.12. The van der Waals surface area contributed by atoms with Gasteiger partial charge in [-0.1, -0.05) is 19.8 Å². The number of hydrogen-bond acceptors (Lipinski definition) is 4. The number of thioether (sulfide) groups is 1. The minimum atomic E-state index is 0.655. The highest BCUT2D eigenvalue weighted by Gasteiger charge is 2.17. The Bertz CT molecular complexity index is 400. The van der Waals surface area contributed by atoms with E-state index < -0.39 is 0 Å². The van der Waals surface area contributed by atoms with Gasteiger partial charge in [-0.15, -0.1) is 11.8 Å². The second-order valence-corrected chi connectivity index (χ2v) is 6.18. The molecule has 0 aliphatic heterocycles. The van der Waals surface area contributed by atoms with E-state index >= 15 is 0 Å². The molecule has 0 amide bonds. The van der Waals surface area contributed by atoms with Crippen molar-refractivity contribution >= 4 is 17.6 Å². The molecule has 0 unspecified atom stereocenters. The average molecular weight is 265 g/mol. The number of aryl methyl sites for hydroxylation is 1. The Kier molecular flexibility index (Phi) is 4.87. The van der Waals surface area contributed by atoms with Gasteiger partial charge in [0.15, 0.2) is 0 Å². The average Bonchev–Trinajstić information content (AvgIpc) is 2.85. The molecular formula is C14H23N3S. The van der Waals surface area contributed by atoms with Gasteiger partial charge in [0.1, 0.15) is 16.7 Å². The van der Waals surface area contributed by atoms with Crippen LogP contribution in [-0.2, 0) is 6.42 Å². The summed E-state index contributed by atoms with van der Waals surface area (Å²) in [6.45, 7) is 4.17. The van der Waals surface area contributed by atoms with Crippen LogP contribution in [0.15, 0.2) is 5.03 Å². The van der Waals surface area contributed by atoms with Crippen molar-refractivity contribution in [2.24, 2.45) is 5.92 Å². The molecule has 0 bridgehead atoms. The van der Waals surface area contributed by atoms with E-state index in [-0.39, 0.29) is 0 Å². The summed E-state index contributed by atoms with van der Waals surface area (Å²) in [6, 6.07) is 0. The fourth-order valence-electron chi connectivity index (χ4n) is 2.41. The zero-order valence-electron chi connectivity index (χ0n) is 11.4. The predicted molar refractivity (Wildman–Crippen MR) is 77.9 cm³/mol. The third-order valence-electron chi connectivity index (χ3n) is 3.59. The Balaban J connectivity index is 2.05. The summed E-state index contributed by atoms with van der Waals surface area (Å²) < 4.78 is 0. The second kappa shape index (κ2) is 6.41. The molecule has 0 spiro atoms. The molecule has 0 saturated heterocycles. The van der Waals surface area contributed by atoms with Gasteiger partial charge in [0.05, 0.1) is 0 Å². The highest BCUT2D eigenvalue weighted by atomic mass is 32.2. The quantitative estimate of drug-likeness (QED) is 0.653. The summed E-state index contributed by atoms with van der Waals surface area (Å²) >= 11 is 1.87. The van der Waals surface area contributed by atoms with Crippen molar-refractivity contribution in [1.29, 1.82) is 0 Å². The van der Waals surface area contributed by atoms with Crippen LogP contribution in [0.5, 0.6) is 0 Å². The zero-order valence-corrected chi connectivity index (χ0v) is 12.2. The Morgan fingerprint density at radius 3 is 2.67 bits per heavy atom. The lowest BCUT2D eigenvalue weighted by atomic mass is 10.1. The first-order valence-corrected chi connectivity index (χ1v) is 7.95. The van der Waals surface area contributed by atoms with Crippen molar-refractivity contribution in [3.63, 3.8) is 0 Å². The maximum absolute atomic E-state index is 5.97. The lowest BCUT2D eigenvalue weighted by molar-refractivity contribution is 0.622. The summed E-state index contributed by atoms with van der Waals surface area (Å²) in [4.78, 5) is 9.01. The van der Waals surface area contributed by atoms with E-state index in [0.717, 1.165) is 35.2 Å². The van der Waals surface area contributed by atoms with Gasteiger partial charge in [-0.05, 0) is 32.1 Å². The monoisotopic (exact) mass is 265 g/mol. The first-order valence-electron chi connectivity index (χ1n) is 6.96. The van der Waals surface area contributed by atoms with Gasteiger partial charge < -0.3 is 5.73 Å². The molecule has 2 N–H and O–H groups in total. The van der Waals surface area contributed by atoms with E-state index in [1.807, 2.05) is 18.7 Å². The van der Waals surface area contributed by atoms with Gasteiger partial charge in [-0.25, -0.2) is 9.97 Å². The van der Waals surface area contributed by atoms with Crippen molar-refractivity contribution in [3.8, 4) is 0 Å². The van der Waals surface area contributed by atoms with Gasteiger partial charge in [-0.2, -0.15) is 0 Å². The van der Waals surface area contributed by atoms with Crippen molar-refractivity contribution in [3.05, 3.63) is 11.4 Å². The molecule has 1 fully saturated rings. The smallest absolute Gasteiger partial charge is 0.132 e. The zero-order chi connectivity index (χ0) is 13.0. The molecule has 1 heterocycles. The Hall–Kier alpha value is -0.770. The first kappa shape index (κ1) is 13.7. The summed E-state index contributed by atoms with van der Waals surface area (Å²) in [7, 11) is 0. The van der Waals surface area contributed by atoms with Crippen LogP contribution in [0.2, 0.25) is 0 Å². The van der Waals surface area contributed by atoms with Crippen molar-refractivity contribution in [2.45, 2.75) is 57.4 Å². The number of nitrogen functional groups attached to an aromatic ring is 1. The minimum Gasteiger partial charge on any atom is -0.383 e. The largest absolute Gasteiger partial charge is 0.383 e. The van der Waals surface area contributed by atoms with Crippen LogP contribution in [0.1, 0.15) is 50.4 Å². The van der Waals surface area contributed by atoms with Crippen molar-refractivity contribution in [2.75, 3.05) is 11.5 Å². The molecule has 0 radical (unpaired) electrons. The van der Waals surface area contributed by atoms with E-state index in [0.29, 0.717) is 5.82 Å². The summed E-state index contributed by atoms with van der Waals surface area (Å²) in [5.74, 6) is 3.61.